The lowest BCUT2D eigenvalue weighted by atomic mass is 10.3. The number of anilines is 2. The van der Waals surface area contributed by atoms with Crippen LogP contribution in [-0.4, -0.2) is 39.6 Å². The summed E-state index contributed by atoms with van der Waals surface area (Å²) in [7, 11) is 1.19. The molecular formula is C11H13ClN4O3S2. The third-order valence-electron chi connectivity index (χ3n) is 2.53. The number of halogens is 1. The molecule has 0 radical (unpaired) electrons. The Balaban J connectivity index is 2.48. The van der Waals surface area contributed by atoms with Crippen LogP contribution in [0, 0.1) is 0 Å². The number of nitrogens with zero attached hydrogens (tertiary/aromatic N) is 3. The first-order chi connectivity index (χ1) is 9.85. The number of methoxy groups -OCH3 is 1. The molecular weight excluding hydrogens is 336 g/mol. The summed E-state index contributed by atoms with van der Waals surface area (Å²) in [6.07, 6.45) is 2.74. The van der Waals surface area contributed by atoms with Crippen LogP contribution in [0.3, 0.4) is 0 Å². The number of aromatic nitrogens is 2. The number of nitrogens with one attached hydrogen (secondary N) is 1. The topological polar surface area (TPSA) is 84.4 Å². The number of ether oxygens (including phenoxy) is 1. The number of hydrogen-bond acceptors (Lipinski definition) is 7. The Morgan fingerprint density at radius 3 is 2.62 bits per heavy atom. The van der Waals surface area contributed by atoms with Crippen molar-refractivity contribution in [3.63, 3.8) is 0 Å². The van der Waals surface area contributed by atoms with E-state index in [2.05, 4.69) is 14.7 Å². The molecule has 10 heteroatoms. The predicted octanol–water partition coefficient (Wildman–Crippen LogP) is 2.07. The molecule has 0 aliphatic rings. The Kier molecular flexibility index (Phi) is 4.55. The molecule has 0 aliphatic carbocycles. The van der Waals surface area contributed by atoms with E-state index in [1.807, 2.05) is 0 Å². The molecule has 0 amide bonds. The molecule has 2 heterocycles. The van der Waals surface area contributed by atoms with Crippen LogP contribution in [0.4, 0.5) is 11.4 Å². The van der Waals surface area contributed by atoms with Crippen LogP contribution in [0.25, 0.3) is 0 Å². The highest BCUT2D eigenvalue weighted by Gasteiger charge is 2.22. The molecule has 0 bridgehead atoms. The molecule has 0 spiro atoms. The van der Waals surface area contributed by atoms with Crippen LogP contribution in [-0.2, 0) is 10.0 Å². The molecule has 0 unspecified atom stereocenters. The van der Waals surface area contributed by atoms with Crippen LogP contribution in [0.5, 0.6) is 5.88 Å². The van der Waals surface area contributed by atoms with Gasteiger partial charge < -0.3 is 9.64 Å². The lowest BCUT2D eigenvalue weighted by molar-refractivity contribution is 0.400. The largest absolute Gasteiger partial charge is 0.479 e. The van der Waals surface area contributed by atoms with Gasteiger partial charge in [0, 0.05) is 20.3 Å². The Morgan fingerprint density at radius 2 is 2.10 bits per heavy atom. The smallest absolute Gasteiger partial charge is 0.273 e. The minimum absolute atomic E-state index is 0.0168. The van der Waals surface area contributed by atoms with Crippen LogP contribution in [0.1, 0.15) is 0 Å². The van der Waals surface area contributed by atoms with Gasteiger partial charge in [-0.25, -0.2) is 18.4 Å². The lowest BCUT2D eigenvalue weighted by Crippen LogP contribution is -2.17. The number of thiazole rings is 1. The average molecular weight is 349 g/mol. The van der Waals surface area contributed by atoms with Crippen molar-refractivity contribution in [2.24, 2.45) is 0 Å². The second-order valence-electron chi connectivity index (χ2n) is 4.15. The van der Waals surface area contributed by atoms with Gasteiger partial charge in [-0.2, -0.15) is 0 Å². The fourth-order valence-electron chi connectivity index (χ4n) is 1.60. The third kappa shape index (κ3) is 3.36. The summed E-state index contributed by atoms with van der Waals surface area (Å²) in [5.74, 6) is 0.181. The second kappa shape index (κ2) is 6.04. The van der Waals surface area contributed by atoms with Crippen LogP contribution >= 0.6 is 22.9 Å². The lowest BCUT2D eigenvalue weighted by Gasteiger charge is -2.19. The van der Waals surface area contributed by atoms with E-state index in [9.17, 15) is 8.42 Å². The van der Waals surface area contributed by atoms with Crippen LogP contribution < -0.4 is 14.4 Å². The van der Waals surface area contributed by atoms with Crippen molar-refractivity contribution in [1.82, 2.24) is 9.97 Å². The first-order valence-electron chi connectivity index (χ1n) is 5.69. The fraction of sp³-hybridized carbons (Fsp3) is 0.273. The maximum Gasteiger partial charge on any atom is 0.273 e. The molecule has 2 aromatic heterocycles. The molecule has 0 aromatic carbocycles. The summed E-state index contributed by atoms with van der Waals surface area (Å²) in [5, 5.41) is 0. The van der Waals surface area contributed by atoms with Crippen LogP contribution in [0.2, 0.25) is 4.47 Å². The highest BCUT2D eigenvalue weighted by Crippen LogP contribution is 2.34. The number of hydrogen-bond donors (Lipinski definition) is 1. The predicted molar refractivity (Wildman–Crippen MR) is 83.0 cm³/mol. The van der Waals surface area contributed by atoms with E-state index < -0.39 is 10.0 Å². The van der Waals surface area contributed by atoms with Crippen molar-refractivity contribution in [1.29, 1.82) is 0 Å². The van der Waals surface area contributed by atoms with Crippen molar-refractivity contribution in [2.45, 2.75) is 4.21 Å². The summed E-state index contributed by atoms with van der Waals surface area (Å²) in [6.45, 7) is 0. The Bertz CT molecular complexity index is 746. The van der Waals surface area contributed by atoms with Crippen molar-refractivity contribution in [2.75, 3.05) is 30.8 Å². The number of pyridine rings is 1. The maximum atomic E-state index is 12.4. The molecule has 0 fully saturated rings. The molecule has 1 N–H and O–H groups in total. The zero-order valence-electron chi connectivity index (χ0n) is 11.5. The average Bonchev–Trinajstić information content (AvgIpc) is 2.86. The van der Waals surface area contributed by atoms with Gasteiger partial charge in [-0.05, 0) is 6.07 Å². The van der Waals surface area contributed by atoms with E-state index in [-0.39, 0.29) is 20.2 Å². The first kappa shape index (κ1) is 15.8. The van der Waals surface area contributed by atoms with E-state index in [4.69, 9.17) is 16.3 Å². The molecule has 21 heavy (non-hydrogen) atoms. The van der Waals surface area contributed by atoms with Crippen molar-refractivity contribution in [3.8, 4) is 5.88 Å². The molecule has 0 saturated carbocycles. The monoisotopic (exact) mass is 348 g/mol. The molecule has 7 nitrogen and oxygen atoms in total. The van der Waals surface area contributed by atoms with Gasteiger partial charge >= 0.3 is 0 Å². The summed E-state index contributed by atoms with van der Waals surface area (Å²) >= 11 is 6.55. The van der Waals surface area contributed by atoms with E-state index in [0.29, 0.717) is 5.69 Å². The summed E-state index contributed by atoms with van der Waals surface area (Å²) in [6, 6.07) is 1.68. The molecule has 0 aliphatic heterocycles. The highest BCUT2D eigenvalue weighted by molar-refractivity contribution is 7.94. The molecule has 2 aromatic rings. The molecule has 0 saturated heterocycles. The standard InChI is InChI=1S/C11H13ClN4O3S2/c1-16(2)7-4-5-13-10(19-3)9(7)15-21(17,18)8-6-14-11(12)20-8/h4-6,15H,1-3H3. The maximum absolute atomic E-state index is 12.4. The first-order valence-corrected chi connectivity index (χ1v) is 8.37. The molecule has 0 atom stereocenters. The van der Waals surface area contributed by atoms with Crippen LogP contribution in [0.15, 0.2) is 22.7 Å². The second-order valence-corrected chi connectivity index (χ2v) is 7.67. The van der Waals surface area contributed by atoms with Gasteiger partial charge in [0.1, 0.15) is 5.69 Å². The summed E-state index contributed by atoms with van der Waals surface area (Å²) < 4.78 is 32.5. The summed E-state index contributed by atoms with van der Waals surface area (Å²) in [5.41, 5.74) is 0.885. The Hall–Kier alpha value is -1.58. The Labute approximate surface area is 131 Å². The van der Waals surface area contributed by atoms with Crippen molar-refractivity contribution in [3.05, 3.63) is 22.9 Å². The third-order valence-corrected chi connectivity index (χ3v) is 5.45. The molecule has 114 valence electrons. The minimum atomic E-state index is -3.81. The van der Waals surface area contributed by atoms with Crippen molar-refractivity contribution >= 4 is 44.3 Å². The van der Waals surface area contributed by atoms with E-state index in [1.54, 1.807) is 25.1 Å². The molecule has 2 rings (SSSR count). The van der Waals surface area contributed by atoms with Gasteiger partial charge in [-0.1, -0.05) is 22.9 Å². The van der Waals surface area contributed by atoms with Crippen molar-refractivity contribution < 1.29 is 13.2 Å². The van der Waals surface area contributed by atoms with E-state index in [1.165, 1.54) is 19.5 Å². The minimum Gasteiger partial charge on any atom is -0.479 e. The zero-order valence-corrected chi connectivity index (χ0v) is 13.9. The quantitative estimate of drug-likeness (QED) is 0.890. The van der Waals surface area contributed by atoms with E-state index in [0.717, 1.165) is 11.3 Å². The van der Waals surface area contributed by atoms with Gasteiger partial charge in [0.25, 0.3) is 10.0 Å². The normalized spacial score (nSPS) is 11.2. The van der Waals surface area contributed by atoms with E-state index >= 15 is 0 Å². The van der Waals surface area contributed by atoms with Gasteiger partial charge in [0.2, 0.25) is 5.88 Å². The van der Waals surface area contributed by atoms with Gasteiger partial charge in [-0.15, -0.1) is 0 Å². The number of rotatable bonds is 5. The zero-order chi connectivity index (χ0) is 15.6. The number of sulfonamides is 1. The highest BCUT2D eigenvalue weighted by atomic mass is 35.5. The summed E-state index contributed by atoms with van der Waals surface area (Å²) in [4.78, 5) is 9.49. The Morgan fingerprint density at radius 1 is 1.38 bits per heavy atom. The van der Waals surface area contributed by atoms with Gasteiger partial charge in [0.05, 0.1) is 19.0 Å². The van der Waals surface area contributed by atoms with Gasteiger partial charge in [-0.3, -0.25) is 4.72 Å². The SMILES string of the molecule is COc1nccc(N(C)C)c1NS(=O)(=O)c1cnc(Cl)s1. The van der Waals surface area contributed by atoms with Gasteiger partial charge in [0.15, 0.2) is 8.68 Å². The fourth-order valence-corrected chi connectivity index (χ4v) is 3.97.